The van der Waals surface area contributed by atoms with Gasteiger partial charge in [0.1, 0.15) is 6.08 Å². The minimum Gasteiger partial charge on any atom is -0.459 e. The summed E-state index contributed by atoms with van der Waals surface area (Å²) >= 11 is 0. The summed E-state index contributed by atoms with van der Waals surface area (Å²) in [4.78, 5) is 15.9. The Morgan fingerprint density at radius 3 is 3.00 bits per heavy atom. The lowest BCUT2D eigenvalue weighted by Crippen LogP contribution is -2.43. The maximum Gasteiger partial charge on any atom is 0.340 e. The summed E-state index contributed by atoms with van der Waals surface area (Å²) in [6.45, 7) is 0. The smallest absolute Gasteiger partial charge is 0.340 e. The van der Waals surface area contributed by atoms with Crippen LogP contribution in [0.15, 0.2) is 30.4 Å². The largest absolute Gasteiger partial charge is 0.459 e. The number of benzene rings is 1. The lowest BCUT2D eigenvalue weighted by atomic mass is 10.0. The third-order valence-electron chi connectivity index (χ3n) is 3.27. The number of aromatic nitrogens is 1. The zero-order chi connectivity index (χ0) is 26.1. The molecule has 2 saturated heterocycles. The van der Waals surface area contributed by atoms with Crippen LogP contribution in [0.3, 0.4) is 0 Å². The number of nitrogens with zero attached hydrogens (tertiary/aromatic N) is 1. The van der Waals surface area contributed by atoms with E-state index >= 15 is 0 Å². The van der Waals surface area contributed by atoms with E-state index in [4.69, 9.17) is 22.6 Å². The van der Waals surface area contributed by atoms with Gasteiger partial charge in [0, 0.05) is 55.6 Å². The average Bonchev–Trinajstić information content (AvgIpc) is 3.10. The maximum absolute atomic E-state index is 13.1. The summed E-state index contributed by atoms with van der Waals surface area (Å²) in [6, 6.07) is -2.73. The molecule has 0 saturated carbocycles. The molecule has 2 aromatic rings. The molecule has 0 spiro atoms. The Morgan fingerprint density at radius 2 is 2.24 bits per heavy atom. The lowest BCUT2D eigenvalue weighted by molar-refractivity contribution is -0.000258. The highest BCUT2D eigenvalue weighted by molar-refractivity contribution is 6.04. The Morgan fingerprint density at radius 1 is 1.48 bits per heavy atom. The van der Waals surface area contributed by atoms with Crippen molar-refractivity contribution in [3.63, 3.8) is 0 Å². The van der Waals surface area contributed by atoms with Crippen molar-refractivity contribution in [3.05, 3.63) is 36.0 Å². The summed E-state index contributed by atoms with van der Waals surface area (Å²) in [5.74, 6) is -1.58. The number of ether oxygens (including phenoxy) is 1. The molecule has 2 aliphatic rings. The Bertz CT molecular complexity index is 1190. The van der Waals surface area contributed by atoms with Gasteiger partial charge in [0.05, 0.1) is 9.68 Å². The van der Waals surface area contributed by atoms with E-state index in [1.807, 2.05) is 0 Å². The monoisotopic (exact) mass is 297 g/mol. The Balaban J connectivity index is 1.95. The molecule has 4 rings (SSSR count). The van der Waals surface area contributed by atoms with Gasteiger partial charge < -0.3 is 14.6 Å². The molecule has 110 valence electrons. The number of aromatic amines is 1. The summed E-state index contributed by atoms with van der Waals surface area (Å²) in [5.41, 5.74) is -0.507. The fourth-order valence-corrected chi connectivity index (χ4v) is 2.17. The van der Waals surface area contributed by atoms with E-state index in [1.165, 1.54) is 18.2 Å². The molecule has 0 aliphatic carbocycles. The molecule has 1 unspecified atom stereocenters. The van der Waals surface area contributed by atoms with Crippen LogP contribution in [-0.4, -0.2) is 41.0 Å². The number of para-hydroxylation sites is 1. The van der Waals surface area contributed by atoms with E-state index in [0.29, 0.717) is 0 Å². The molecule has 0 amide bonds. The van der Waals surface area contributed by atoms with Crippen LogP contribution < -0.4 is 0 Å². The maximum atomic E-state index is 13.1. The number of H-pyrrole nitrogens is 1. The third-order valence-corrected chi connectivity index (χ3v) is 3.27. The molecular weight excluding hydrogens is 264 g/mol. The highest BCUT2D eigenvalue weighted by atomic mass is 16.5. The first-order valence-electron chi connectivity index (χ1n) is 12.8. The van der Waals surface area contributed by atoms with E-state index in [1.54, 1.807) is 0 Å². The number of hydrogen-bond acceptors (Lipinski definition) is 3. The normalized spacial score (nSPS) is 58.0. The molecule has 4 nitrogen and oxygen atoms in total. The van der Waals surface area contributed by atoms with Crippen molar-refractivity contribution >= 4 is 16.9 Å². The van der Waals surface area contributed by atoms with Crippen LogP contribution in [0, 0.1) is 0 Å². The van der Waals surface area contributed by atoms with Crippen molar-refractivity contribution in [3.8, 4) is 0 Å². The van der Waals surface area contributed by atoms with Crippen LogP contribution in [0.25, 0.3) is 10.9 Å². The molecule has 1 aromatic heterocycles. The first kappa shape index (κ1) is 5.13. The number of esters is 1. The van der Waals surface area contributed by atoms with Gasteiger partial charge in [0.2, 0.25) is 0 Å². The second-order valence-corrected chi connectivity index (χ2v) is 4.56. The Kier molecular flexibility index (Phi) is 1.19. The highest BCUT2D eigenvalue weighted by Crippen LogP contribution is 2.35. The molecule has 2 fully saturated rings. The van der Waals surface area contributed by atoms with Crippen LogP contribution in [0.4, 0.5) is 0 Å². The predicted molar refractivity (Wildman–Crippen MR) is 81.3 cm³/mol. The molecule has 21 heavy (non-hydrogen) atoms. The fourth-order valence-electron chi connectivity index (χ4n) is 2.17. The van der Waals surface area contributed by atoms with Crippen molar-refractivity contribution in [2.45, 2.75) is 43.6 Å². The molecule has 1 N–H and O–H groups in total. The number of carbonyl (C=O) groups excluding carboxylic acids is 1. The average molecular weight is 297 g/mol. The van der Waals surface area contributed by atoms with E-state index in [9.17, 15) is 4.79 Å². The van der Waals surface area contributed by atoms with E-state index in [0.717, 1.165) is 7.05 Å². The minimum absolute atomic E-state index is 0.00467. The number of hydrogen-bond donors (Lipinski definition) is 1. The molecule has 2 bridgehead atoms. The van der Waals surface area contributed by atoms with Crippen LogP contribution in [0.5, 0.6) is 0 Å². The minimum atomic E-state index is -3.79. The molecule has 3 atom stereocenters. The topological polar surface area (TPSA) is 45.3 Å². The first-order valence-corrected chi connectivity index (χ1v) is 6.25. The Hall–Kier alpha value is -1.81. The van der Waals surface area contributed by atoms with Gasteiger partial charge in [0.15, 0.2) is 0 Å². The van der Waals surface area contributed by atoms with Crippen LogP contribution in [-0.2, 0) is 4.74 Å². The van der Waals surface area contributed by atoms with Gasteiger partial charge in [-0.25, -0.2) is 4.79 Å². The van der Waals surface area contributed by atoms with Crippen LogP contribution in [0.1, 0.15) is 53.7 Å². The van der Waals surface area contributed by atoms with Crippen molar-refractivity contribution in [1.82, 2.24) is 9.88 Å². The molecule has 0 radical (unpaired) electrons. The molecule has 2 aliphatic heterocycles. The van der Waals surface area contributed by atoms with Crippen molar-refractivity contribution in [1.29, 1.82) is 0 Å². The zero-order valence-corrected chi connectivity index (χ0v) is 11.0. The molecule has 1 aromatic carbocycles. The van der Waals surface area contributed by atoms with E-state index in [2.05, 4.69) is 4.98 Å². The quantitative estimate of drug-likeness (QED) is 0.867. The summed E-state index contributed by atoms with van der Waals surface area (Å²) in [5, 5.41) is -0.00467. The fraction of sp³-hybridized carbons (Fsp3) is 0.471. The summed E-state index contributed by atoms with van der Waals surface area (Å²) in [6.07, 6.45) is -18.9. The first-order chi connectivity index (χ1) is 15.2. The van der Waals surface area contributed by atoms with E-state index < -0.39 is 61.3 Å². The zero-order valence-electron chi connectivity index (χ0n) is 24.0. The number of fused-ring (bicyclic) bond motifs is 3. The van der Waals surface area contributed by atoms with Crippen LogP contribution in [0.2, 0.25) is 0 Å². The van der Waals surface area contributed by atoms with Gasteiger partial charge in [-0.1, -0.05) is 18.2 Å². The Labute approximate surface area is 142 Å². The van der Waals surface area contributed by atoms with Gasteiger partial charge in [-0.15, -0.1) is 0 Å². The number of piperidine rings is 1. The predicted octanol–water partition coefficient (Wildman–Crippen LogP) is 2.95. The molecule has 3 heterocycles. The summed E-state index contributed by atoms with van der Waals surface area (Å²) < 4.78 is 114. The van der Waals surface area contributed by atoms with Gasteiger partial charge in [-0.2, -0.15) is 0 Å². The van der Waals surface area contributed by atoms with E-state index in [-0.39, 0.29) is 21.8 Å². The standard InChI is InChI=1S/C17H20N2O2/c1-19-11-6-7-12(19)9-13(8-11)21-17(20)15-10-18-16-5-3-2-4-14(15)16/h2-5,10-13,18H,6-9H2,1H3/t11-,12+,13?/i5D,6D2,7D2,8D2,9D2,10D,11D,12D,13D. The van der Waals surface area contributed by atoms with Gasteiger partial charge in [-0.3, -0.25) is 0 Å². The molecule has 4 heteroatoms. The molecular formula is C17H20N2O2. The van der Waals surface area contributed by atoms with Crippen LogP contribution >= 0.6 is 0 Å². The number of nitrogens with one attached hydrogen (secondary N) is 1. The summed E-state index contributed by atoms with van der Waals surface area (Å²) in [7, 11) is 0.817. The second kappa shape index (κ2) is 4.88. The third kappa shape index (κ3) is 2.14. The SMILES string of the molecule is [2H]c1[nH]c2c([2H])cccc2c1C(=O)OC1([2H])C([2H])([2H])[C@]2([2H])N(C)[C@]([2H])(C1([2H])[2H])C([2H])([2H])C2([2H])[2H]. The number of carbonyl (C=O) groups is 1. The van der Waals surface area contributed by atoms with Crippen molar-refractivity contribution < 1.29 is 27.4 Å². The van der Waals surface area contributed by atoms with Gasteiger partial charge in [0.25, 0.3) is 0 Å². The van der Waals surface area contributed by atoms with Crippen molar-refractivity contribution in [2.24, 2.45) is 0 Å². The van der Waals surface area contributed by atoms with Gasteiger partial charge in [-0.05, 0) is 25.8 Å². The highest BCUT2D eigenvalue weighted by Gasteiger charge is 2.40. The second-order valence-electron chi connectivity index (χ2n) is 4.56. The van der Waals surface area contributed by atoms with Gasteiger partial charge >= 0.3 is 5.97 Å². The number of rotatable bonds is 2. The van der Waals surface area contributed by atoms with Crippen molar-refractivity contribution in [2.75, 3.05) is 7.05 Å². The lowest BCUT2D eigenvalue weighted by Gasteiger charge is -2.35.